The zero-order valence-corrected chi connectivity index (χ0v) is 82.7. The summed E-state index contributed by atoms with van der Waals surface area (Å²) in [5, 5.41) is 46.7. The number of aliphatic hydroxyl groups is 2. The van der Waals surface area contributed by atoms with Crippen LogP contribution in [0, 0.1) is 33.1 Å². The third-order valence-electron chi connectivity index (χ3n) is 27.0. The Morgan fingerprint density at radius 2 is 1.07 bits per heavy atom. The van der Waals surface area contributed by atoms with E-state index in [9.17, 15) is 24.6 Å². The molecule has 6 aromatic heterocycles. The van der Waals surface area contributed by atoms with Crippen LogP contribution >= 0.6 is 22.6 Å². The van der Waals surface area contributed by atoms with Crippen molar-refractivity contribution in [1.82, 2.24) is 65.3 Å². The van der Waals surface area contributed by atoms with E-state index in [1.165, 1.54) is 29.2 Å². The molecule has 6 fully saturated rings. The molecule has 6 saturated heterocycles. The van der Waals surface area contributed by atoms with Crippen molar-refractivity contribution in [3.63, 3.8) is 0 Å². The molecule has 10 aliphatic rings. The zero-order valence-electron chi connectivity index (χ0n) is 78.4. The van der Waals surface area contributed by atoms with Gasteiger partial charge >= 0.3 is 76.7 Å². The molecule has 0 radical (unpaired) electrons. The van der Waals surface area contributed by atoms with Crippen molar-refractivity contribution in [1.29, 1.82) is 0 Å². The third kappa shape index (κ3) is 21.3. The van der Waals surface area contributed by atoms with Crippen LogP contribution in [-0.2, 0) is 94.8 Å². The number of fused-ring (bicyclic) bond motifs is 6. The smallest absolute Gasteiger partial charge is 1.00 e. The average molecular weight is 1950 g/mol. The number of alkyl carbamates (subject to hydrolysis) is 2. The quantitative estimate of drug-likeness (QED) is 0.0147. The van der Waals surface area contributed by atoms with Crippen LogP contribution in [0.2, 0.25) is 0 Å². The number of halogens is 1. The average Bonchev–Trinajstić information content (AvgIpc) is 1.41. The number of ether oxygens (including phenoxy) is 5. The Morgan fingerprint density at radius 3 is 1.53 bits per heavy atom. The van der Waals surface area contributed by atoms with Crippen molar-refractivity contribution in [2.75, 3.05) is 73.7 Å². The zero-order chi connectivity index (χ0) is 93.0. The van der Waals surface area contributed by atoms with Crippen LogP contribution in [0.1, 0.15) is 253 Å². The van der Waals surface area contributed by atoms with Crippen molar-refractivity contribution in [2.45, 2.75) is 258 Å². The van der Waals surface area contributed by atoms with Crippen LogP contribution in [0.4, 0.5) is 27.0 Å². The number of aliphatic hydroxyl groups excluding tert-OH is 2. The summed E-state index contributed by atoms with van der Waals surface area (Å²) < 4.78 is 49.5. The number of nitrogens with zero attached hydrogens (tertiary/aromatic N) is 17. The second-order valence-corrected chi connectivity index (χ2v) is 39.4. The van der Waals surface area contributed by atoms with Crippen molar-refractivity contribution in [3.8, 4) is 0 Å². The Bertz CT molecular complexity index is 5750. The number of carbonyl (C=O) groups is 4. The first kappa shape index (κ1) is 98.7. The normalized spacial score (nSPS) is 21.3. The summed E-state index contributed by atoms with van der Waals surface area (Å²) in [5.41, 5.74) is 19.9. The number of anilines is 3. The third-order valence-corrected chi connectivity index (χ3v) is 27.8. The molecule has 5 atom stereocenters. The number of carboxylic acid groups (broad SMARTS) is 1. The second kappa shape index (κ2) is 41.5. The molecule has 13 heterocycles. The van der Waals surface area contributed by atoms with Gasteiger partial charge in [-0.2, -0.15) is 10.2 Å². The largest absolute Gasteiger partial charge is 1.00 e. The maximum absolute atomic E-state index is 13.0. The van der Waals surface area contributed by atoms with Crippen LogP contribution in [0.5, 0.6) is 0 Å². The van der Waals surface area contributed by atoms with E-state index >= 15 is 0 Å². The number of aliphatic imine (C=N–C) groups is 1. The molecule has 7 N–H and O–H groups in total. The first-order chi connectivity index (χ1) is 62.7. The monoisotopic (exact) mass is 1940 g/mol. The summed E-state index contributed by atoms with van der Waals surface area (Å²) in [6.07, 6.45) is 15.9. The van der Waals surface area contributed by atoms with E-state index in [2.05, 4.69) is 133 Å². The molecule has 696 valence electrons. The van der Waals surface area contributed by atoms with Crippen LogP contribution < -0.4 is 87.9 Å². The standard InChI is InChI=1S/C31H39IN6O5.C31H39N7O4.C22H24N6O.C9H14BNO3.CH2O2.K.H/c1-19(39)42-18-22-27(35-28-24(33-22)26(32)36-38(28)23-11-7-8-16-41-23)37-14-12-31(13-15-37)17-20-9-5-6-10-21(20)25(31)34-29(40)43-30(2,3)4;1-30(2,3)42-29(40)34-26-21-10-6-5-9-20(21)17-31(26)12-14-37(15-13-31)27-23(19-39)33-25-22(18-32-4)36-38(28(25)35-27)24-11-7-8-16-41-24;1-24-11-16-19-17(12-25-16)27-21(18(13-29)26-19)28-8-6-22(7-9-28)10-14-4-2-3-5-15(14)20(22)23;1-8(2)9(3,4)14-10(13-8)7-5-11-12-6-7;2-1-3;;/h5-6,9-10,23,25H,7-8,11-18H2,1-4H3,(H,34,40);5-6,9-10,24,26,39H,7-8,11-19H2,1-3H3,(H,34,40);2-5,20,29H,6-13,23H2;5-6H,1-4H3;1H,(H,2,3);;/q;;;;;+1;-1/t23?,25-;24?,26-;20-;;;;/m111..../s1. The SMILES string of the molecule is CC(=O)OCc1nc2c(I)nn(C3CCCCO3)c2nc1N1CCC2(CC1)Cc1ccccc1[C@H]2NC(=O)OC(C)(C)C.CC1(C)OB(c2cnoc2)OC1(C)C.O=CO.[C-]#[N+]CC1=NCc2nc(N3CCC4(CC3)Cc3ccccc3[C@H]4N)c(CO)nc21.[C-]#[N+]Cc1nn(C2CCCCO2)c2nc(N3CCC4(CC3)Cc3ccccc3[C@H]4NC(=O)OC(C)(C)C)c(CO)nc12.[H-].[K+]. The van der Waals surface area contributed by atoms with Crippen molar-refractivity contribution in [3.05, 3.63) is 179 Å². The molecule has 3 aliphatic carbocycles. The van der Waals surface area contributed by atoms with E-state index < -0.39 is 23.4 Å². The fraction of sp³-hybridized carbons (Fsp3) is 0.553. The fourth-order valence-electron chi connectivity index (χ4n) is 19.8. The first-order valence-corrected chi connectivity index (χ1v) is 46.3. The summed E-state index contributed by atoms with van der Waals surface area (Å²) in [5.74, 6) is 1.72. The maximum atomic E-state index is 13.0. The Morgan fingerprint density at radius 1 is 0.621 bits per heavy atom. The van der Waals surface area contributed by atoms with Gasteiger partial charge in [-0.25, -0.2) is 62.0 Å². The molecule has 2 unspecified atom stereocenters. The number of hydrogen-bond donors (Lipinski definition) is 6. The predicted molar refractivity (Wildman–Crippen MR) is 498 cm³/mol. The fourth-order valence-corrected chi connectivity index (χ4v) is 20.4. The van der Waals surface area contributed by atoms with Gasteiger partial charge in [0.25, 0.3) is 19.6 Å². The van der Waals surface area contributed by atoms with Gasteiger partial charge in [0.2, 0.25) is 0 Å². The number of esters is 1. The molecule has 0 saturated carbocycles. The summed E-state index contributed by atoms with van der Waals surface area (Å²) in [7, 11) is -0.369. The van der Waals surface area contributed by atoms with Gasteiger partial charge in [-0.15, -0.1) is 0 Å². The van der Waals surface area contributed by atoms with Crippen molar-refractivity contribution in [2.24, 2.45) is 27.0 Å². The van der Waals surface area contributed by atoms with E-state index in [1.54, 1.807) is 17.1 Å². The van der Waals surface area contributed by atoms with Crippen molar-refractivity contribution >= 4 is 105 Å². The second-order valence-electron chi connectivity index (χ2n) is 38.3. The molecule has 2 amide bonds. The number of rotatable bonds is 14. The summed E-state index contributed by atoms with van der Waals surface area (Å²) in [6, 6.07) is 25.0. The minimum absolute atomic E-state index is 0. The molecular formula is C94H119BIKN20O15. The van der Waals surface area contributed by atoms with Gasteiger partial charge in [-0.3, -0.25) is 14.6 Å². The number of benzene rings is 3. The number of hydrogen-bond acceptors (Lipinski definition) is 28. The van der Waals surface area contributed by atoms with E-state index in [4.69, 9.17) is 101 Å². The van der Waals surface area contributed by atoms with Crippen LogP contribution in [0.15, 0.2) is 94.8 Å². The van der Waals surface area contributed by atoms with Gasteiger partial charge in [0, 0.05) is 81.7 Å². The van der Waals surface area contributed by atoms with Crippen LogP contribution in [-0.4, -0.2) is 189 Å². The van der Waals surface area contributed by atoms with Gasteiger partial charge < -0.3 is 95.0 Å². The molecule has 0 bridgehead atoms. The Kier molecular flexibility index (Phi) is 31.0. The molecular weight excluding hydrogens is 1830 g/mol. The summed E-state index contributed by atoms with van der Waals surface area (Å²) in [6.45, 7) is 41.1. The van der Waals surface area contributed by atoms with Crippen molar-refractivity contribution < 1.29 is 125 Å². The molecule has 9 aromatic rings. The number of nitrogens with two attached hydrogens (primary N) is 1. The van der Waals surface area contributed by atoms with Gasteiger partial charge in [0.1, 0.15) is 63.6 Å². The summed E-state index contributed by atoms with van der Waals surface area (Å²) in [4.78, 5) is 93.4. The van der Waals surface area contributed by atoms with Gasteiger partial charge in [0.05, 0.1) is 54.9 Å². The number of amides is 2. The molecule has 38 heteroatoms. The molecule has 7 aliphatic heterocycles. The van der Waals surface area contributed by atoms with Crippen LogP contribution in [0.3, 0.4) is 0 Å². The predicted octanol–water partition coefficient (Wildman–Crippen LogP) is 10.3. The van der Waals surface area contributed by atoms with Gasteiger partial charge in [0.15, 0.2) is 50.6 Å². The molecule has 19 rings (SSSR count). The Hall–Kier alpha value is -9.27. The molecule has 132 heavy (non-hydrogen) atoms. The van der Waals surface area contributed by atoms with E-state index in [-0.39, 0.29) is 163 Å². The topological polar surface area (TPSA) is 413 Å². The number of piperidine rings is 3. The maximum Gasteiger partial charge on any atom is 1.00 e. The number of nitrogens with one attached hydrogen (secondary N) is 2. The Labute approximate surface area is 826 Å². The van der Waals surface area contributed by atoms with Gasteiger partial charge in [-0.1, -0.05) is 78.0 Å². The minimum Gasteiger partial charge on any atom is -1.00 e. The molecule has 3 aromatic carbocycles. The first-order valence-electron chi connectivity index (χ1n) is 45.2. The Balaban J connectivity index is 0.000000156. The minimum atomic E-state index is -0.583. The van der Waals surface area contributed by atoms with Gasteiger partial charge in [-0.05, 0) is 227 Å². The van der Waals surface area contributed by atoms with Crippen LogP contribution in [0.25, 0.3) is 32.0 Å². The number of carbonyl (C=O) groups excluding carboxylic acids is 3. The van der Waals surface area contributed by atoms with E-state index in [0.29, 0.717) is 114 Å². The number of aromatic nitrogens is 11. The molecule has 35 nitrogen and oxygen atoms in total. The van der Waals surface area contributed by atoms with E-state index in [0.717, 1.165) is 141 Å². The summed E-state index contributed by atoms with van der Waals surface area (Å²) >= 11 is 2.18. The molecule has 3 spiro atoms. The van der Waals surface area contributed by atoms with E-state index in [1.807, 2.05) is 86.1 Å².